The largest absolute Gasteiger partial charge is 0.471 e. The molecule has 15 rings (SSSR count). The predicted molar refractivity (Wildman–Crippen MR) is 433 cm³/mol. The Bertz CT molecular complexity index is 3290. The van der Waals surface area contributed by atoms with Gasteiger partial charge in [-0.1, -0.05) is 104 Å². The zero-order valence-electron chi connectivity index (χ0n) is 65.1. The highest BCUT2D eigenvalue weighted by molar-refractivity contribution is 7.17. The van der Waals surface area contributed by atoms with Crippen molar-refractivity contribution >= 4 is 105 Å². The number of nitrogens with zero attached hydrogens (tertiary/aromatic N) is 15. The molecule has 0 atom stereocenters. The fraction of sp³-hybridized carbons (Fsp3) is 0.562. The van der Waals surface area contributed by atoms with E-state index in [1.807, 2.05) is 105 Å². The van der Waals surface area contributed by atoms with Crippen LogP contribution in [0.2, 0.25) is 0 Å². The Morgan fingerprint density at radius 2 is 0.700 bits per heavy atom. The van der Waals surface area contributed by atoms with Crippen LogP contribution in [0.5, 0.6) is 0 Å². The Morgan fingerprint density at radius 1 is 0.340 bits per heavy atom. The highest BCUT2D eigenvalue weighted by Gasteiger charge is 2.24. The number of likely N-dealkylation sites (N-methyl/N-ethyl adjacent to an activating group) is 5. The molecule has 550 valence electrons. The fourth-order valence-electron chi connectivity index (χ4n) is 12.2. The van der Waals surface area contributed by atoms with E-state index in [4.69, 9.17) is 38.2 Å². The van der Waals surface area contributed by atoms with Crippen LogP contribution in [-0.2, 0) is 32.1 Å². The third kappa shape index (κ3) is 22.1. The Balaban J connectivity index is 0.000000191. The summed E-state index contributed by atoms with van der Waals surface area (Å²) in [6.45, 7) is 52.4. The SMILES string of the molecule is CC.CC.CC.CC.CC.CCc1cc2ccoc2c(N2CCN(C)CC2)n1.CCc1cc2cocc2c(N2CCN(C)CC2)n1.CCc1cc2cscc2c(N2CCN(C)CC2)n1.CCc1cc2occc2c(N2CCN(C)CC2)n1.CCc1cc2sccc2c(N2CCN(C)CC2)n1. The van der Waals surface area contributed by atoms with Gasteiger partial charge in [0.1, 0.15) is 35.1 Å². The van der Waals surface area contributed by atoms with E-state index in [0.29, 0.717) is 0 Å². The average molecular weight is 1410 g/mol. The Morgan fingerprint density at radius 3 is 1.15 bits per heavy atom. The summed E-state index contributed by atoms with van der Waals surface area (Å²) in [7, 11) is 10.9. The predicted octanol–water partition coefficient (Wildman–Crippen LogP) is 16.8. The molecule has 0 spiro atoms. The first-order valence-corrected chi connectivity index (χ1v) is 39.7. The second kappa shape index (κ2) is 43.1. The maximum Gasteiger partial charge on any atom is 0.176 e. The van der Waals surface area contributed by atoms with Crippen molar-refractivity contribution in [2.45, 2.75) is 136 Å². The molecule has 0 radical (unpaired) electrons. The molecule has 5 aliphatic rings. The number of thiophene rings is 2. The lowest BCUT2D eigenvalue weighted by Gasteiger charge is -2.33. The molecule has 18 nitrogen and oxygen atoms in total. The second-order valence-corrected chi connectivity index (χ2v) is 26.3. The fourth-order valence-corrected chi connectivity index (χ4v) is 13.8. The Kier molecular flexibility index (Phi) is 35.4. The molecule has 5 saturated heterocycles. The number of anilines is 5. The summed E-state index contributed by atoms with van der Waals surface area (Å²) in [5, 5.41) is 15.2. The van der Waals surface area contributed by atoms with Crippen molar-refractivity contribution in [3.8, 4) is 0 Å². The van der Waals surface area contributed by atoms with E-state index in [-0.39, 0.29) is 0 Å². The van der Waals surface area contributed by atoms with Crippen LogP contribution < -0.4 is 24.5 Å². The monoisotopic (exact) mass is 1410 g/mol. The van der Waals surface area contributed by atoms with Gasteiger partial charge < -0.3 is 62.3 Å². The number of aromatic nitrogens is 5. The molecule has 0 N–H and O–H groups in total. The first-order chi connectivity index (χ1) is 48.9. The summed E-state index contributed by atoms with van der Waals surface area (Å²) in [6.07, 6.45) is 12.0. The molecule has 0 unspecified atom stereocenters. The molecule has 20 heteroatoms. The molecular weight excluding hydrogens is 1280 g/mol. The van der Waals surface area contributed by atoms with Crippen LogP contribution in [0, 0.1) is 0 Å². The number of aryl methyl sites for hydroxylation is 5. The maximum atomic E-state index is 5.61. The molecule has 10 aromatic heterocycles. The van der Waals surface area contributed by atoms with Crippen molar-refractivity contribution in [1.29, 1.82) is 0 Å². The third-order valence-corrected chi connectivity index (χ3v) is 19.9. The van der Waals surface area contributed by atoms with Gasteiger partial charge in [0.05, 0.1) is 29.6 Å². The minimum Gasteiger partial charge on any atom is -0.471 e. The second-order valence-electron chi connectivity index (χ2n) is 24.7. The highest BCUT2D eigenvalue weighted by Crippen LogP contribution is 2.34. The summed E-state index contributed by atoms with van der Waals surface area (Å²) in [4.78, 5) is 47.8. The van der Waals surface area contributed by atoms with Gasteiger partial charge >= 0.3 is 0 Å². The number of rotatable bonds is 10. The smallest absolute Gasteiger partial charge is 0.176 e. The molecular formula is C80H125N15O3S2. The lowest BCUT2D eigenvalue weighted by Crippen LogP contribution is -2.44. The Labute approximate surface area is 609 Å². The van der Waals surface area contributed by atoms with Gasteiger partial charge in [-0.3, -0.25) is 0 Å². The van der Waals surface area contributed by atoms with Gasteiger partial charge in [0.15, 0.2) is 11.4 Å². The summed E-state index contributed by atoms with van der Waals surface area (Å²) in [6, 6.07) is 17.0. The highest BCUT2D eigenvalue weighted by atomic mass is 32.1. The van der Waals surface area contributed by atoms with Gasteiger partial charge in [0.25, 0.3) is 0 Å². The quantitative estimate of drug-likeness (QED) is 0.128. The molecule has 5 aliphatic heterocycles. The lowest BCUT2D eigenvalue weighted by molar-refractivity contribution is 0.312. The van der Waals surface area contributed by atoms with Crippen molar-refractivity contribution in [3.63, 3.8) is 0 Å². The number of fused-ring (bicyclic) bond motifs is 5. The van der Waals surface area contributed by atoms with E-state index in [1.165, 1.54) is 43.9 Å². The van der Waals surface area contributed by atoms with Gasteiger partial charge in [0, 0.05) is 197 Å². The molecule has 5 fully saturated rings. The lowest BCUT2D eigenvalue weighted by atomic mass is 10.2. The molecule has 15 heterocycles. The molecule has 0 aromatic carbocycles. The first-order valence-electron chi connectivity index (χ1n) is 37.9. The summed E-state index contributed by atoms with van der Waals surface area (Å²) < 4.78 is 17.9. The van der Waals surface area contributed by atoms with Crippen LogP contribution in [0.4, 0.5) is 29.1 Å². The van der Waals surface area contributed by atoms with Crippen molar-refractivity contribution in [3.05, 3.63) is 118 Å². The minimum absolute atomic E-state index is 0.928. The number of pyridine rings is 5. The zero-order chi connectivity index (χ0) is 72.7. The number of piperazine rings is 5. The molecule has 0 saturated carbocycles. The molecule has 10 aromatic rings. The molecule has 0 bridgehead atoms. The van der Waals surface area contributed by atoms with Crippen molar-refractivity contribution < 1.29 is 13.3 Å². The number of hydrogen-bond acceptors (Lipinski definition) is 20. The third-order valence-electron chi connectivity index (χ3n) is 18.3. The van der Waals surface area contributed by atoms with Crippen LogP contribution in [0.25, 0.3) is 53.6 Å². The van der Waals surface area contributed by atoms with Crippen LogP contribution in [0.1, 0.15) is 132 Å². The number of hydrogen-bond donors (Lipinski definition) is 0. The van der Waals surface area contributed by atoms with Gasteiger partial charge in [0.2, 0.25) is 0 Å². The number of furan rings is 3. The van der Waals surface area contributed by atoms with Gasteiger partial charge in [-0.05, 0) is 126 Å². The average Bonchev–Trinajstić information content (AvgIpc) is 1.58. The van der Waals surface area contributed by atoms with Gasteiger partial charge in [-0.2, -0.15) is 11.3 Å². The van der Waals surface area contributed by atoms with E-state index in [9.17, 15) is 0 Å². The van der Waals surface area contributed by atoms with Gasteiger partial charge in [-0.15, -0.1) is 11.3 Å². The van der Waals surface area contributed by atoms with Crippen molar-refractivity contribution in [2.24, 2.45) is 0 Å². The van der Waals surface area contributed by atoms with E-state index in [0.717, 1.165) is 230 Å². The van der Waals surface area contributed by atoms with Crippen LogP contribution in [-0.4, -0.2) is 216 Å². The molecule has 0 amide bonds. The Hall–Kier alpha value is -6.91. The topological polar surface area (TPSA) is 136 Å². The molecule has 0 aliphatic carbocycles. The minimum atomic E-state index is 0.928. The van der Waals surface area contributed by atoms with E-state index in [1.54, 1.807) is 23.9 Å². The van der Waals surface area contributed by atoms with E-state index >= 15 is 0 Å². The van der Waals surface area contributed by atoms with Crippen LogP contribution >= 0.6 is 22.7 Å². The van der Waals surface area contributed by atoms with Crippen LogP contribution in [0.3, 0.4) is 0 Å². The van der Waals surface area contributed by atoms with Gasteiger partial charge in [-0.25, -0.2) is 24.9 Å². The van der Waals surface area contributed by atoms with Crippen molar-refractivity contribution in [2.75, 3.05) is 191 Å². The standard InChI is InChI=1S/3C14H19N3O.2C14H19N3S.5C2H6/c1-3-12-10-11-4-9-18-13(11)14(15-12)17-7-5-16(2)6-8-17;1-3-11-10-13-12(4-9-18-13)14(15-11)17-7-5-16(2)6-8-17;1-3-12-8-11-9-18-10-13(11)14(15-12)17-6-4-16(2)5-7-17;1-3-11-10-13-12(4-9-18-13)14(15-11)17-7-5-16(2)6-8-17;1-3-12-8-11-9-18-10-13(11)14(15-12)17-6-4-16(2)5-7-17;5*1-2/h2*4,9-10H,3,5-8H2,1-2H3;8-10H,3-7H2,1-2H3;4,9-10H,3,5-8H2,1-2H3;8-10H,3-7H2,1-2H3;5*1-2H3. The zero-order valence-corrected chi connectivity index (χ0v) is 66.7. The van der Waals surface area contributed by atoms with Crippen LogP contribution in [0.15, 0.2) is 103 Å². The van der Waals surface area contributed by atoms with Crippen molar-refractivity contribution in [1.82, 2.24) is 49.4 Å². The van der Waals surface area contributed by atoms with E-state index in [2.05, 4.69) is 171 Å². The molecule has 100 heavy (non-hydrogen) atoms. The first kappa shape index (κ1) is 82.0. The summed E-state index contributed by atoms with van der Waals surface area (Å²) in [5.74, 6) is 5.58. The maximum absolute atomic E-state index is 5.61. The normalized spacial score (nSPS) is 16.1. The summed E-state index contributed by atoms with van der Waals surface area (Å²) >= 11 is 3.59. The van der Waals surface area contributed by atoms with E-state index < -0.39 is 0 Å². The summed E-state index contributed by atoms with van der Waals surface area (Å²) in [5.41, 5.74) is 7.67.